The fourth-order valence-corrected chi connectivity index (χ4v) is 4.18. The number of fused-ring (bicyclic) bond motifs is 2. The minimum atomic E-state index is -0.177. The van der Waals surface area contributed by atoms with Crippen LogP contribution in [0, 0.1) is 0 Å². The Hall–Kier alpha value is -3.45. The second-order valence-corrected chi connectivity index (χ2v) is 7.73. The summed E-state index contributed by atoms with van der Waals surface area (Å²) in [6.45, 7) is 1.97. The van der Waals surface area contributed by atoms with Gasteiger partial charge in [0.25, 0.3) is 5.56 Å². The highest BCUT2D eigenvalue weighted by atomic mass is 32.1. The van der Waals surface area contributed by atoms with Gasteiger partial charge in [0, 0.05) is 11.1 Å². The van der Waals surface area contributed by atoms with Crippen molar-refractivity contribution in [1.29, 1.82) is 0 Å². The van der Waals surface area contributed by atoms with Gasteiger partial charge >= 0.3 is 0 Å². The van der Waals surface area contributed by atoms with Crippen LogP contribution < -0.4 is 19.6 Å². The van der Waals surface area contributed by atoms with Gasteiger partial charge in [-0.1, -0.05) is 29.5 Å². The molecule has 1 aliphatic heterocycles. The zero-order valence-electron chi connectivity index (χ0n) is 15.8. The minimum absolute atomic E-state index is 0.137. The van der Waals surface area contributed by atoms with Crippen molar-refractivity contribution < 1.29 is 9.47 Å². The highest BCUT2D eigenvalue weighted by molar-refractivity contribution is 7.15. The van der Waals surface area contributed by atoms with Crippen molar-refractivity contribution in [2.75, 3.05) is 7.11 Å². The largest absolute Gasteiger partial charge is 0.497 e. The van der Waals surface area contributed by atoms with Crippen molar-refractivity contribution in [2.24, 2.45) is 0 Å². The third-order valence-electron chi connectivity index (χ3n) is 4.84. The summed E-state index contributed by atoms with van der Waals surface area (Å²) in [4.78, 5) is 17.9. The number of thiazole rings is 1. The van der Waals surface area contributed by atoms with Crippen molar-refractivity contribution >= 4 is 28.4 Å². The van der Waals surface area contributed by atoms with Crippen LogP contribution in [-0.2, 0) is 0 Å². The quantitative estimate of drug-likeness (QED) is 0.526. The Morgan fingerprint density at radius 3 is 2.72 bits per heavy atom. The molecule has 0 amide bonds. The van der Waals surface area contributed by atoms with E-state index in [-0.39, 0.29) is 11.7 Å². The molecule has 29 heavy (non-hydrogen) atoms. The SMILES string of the molecule is COc1ccc(-c2nc3s/c(=C/C4=Cc5ccccc5O[C@H]4C)c(=O)n3n2)cc1. The zero-order chi connectivity index (χ0) is 20.0. The van der Waals surface area contributed by atoms with E-state index < -0.39 is 0 Å². The van der Waals surface area contributed by atoms with E-state index >= 15 is 0 Å². The molecule has 0 aliphatic carbocycles. The van der Waals surface area contributed by atoms with Gasteiger partial charge in [0.05, 0.1) is 11.6 Å². The Kier molecular flexibility index (Phi) is 4.17. The molecule has 7 heteroatoms. The average Bonchev–Trinajstić information content (AvgIpc) is 3.28. The first-order chi connectivity index (χ1) is 14.1. The Morgan fingerprint density at radius 1 is 1.17 bits per heavy atom. The van der Waals surface area contributed by atoms with Crippen LogP contribution in [0.5, 0.6) is 11.5 Å². The molecule has 2 aromatic carbocycles. The van der Waals surface area contributed by atoms with Crippen LogP contribution in [0.15, 0.2) is 58.9 Å². The lowest BCUT2D eigenvalue weighted by Gasteiger charge is -2.22. The van der Waals surface area contributed by atoms with Crippen molar-refractivity contribution in [2.45, 2.75) is 13.0 Å². The smallest absolute Gasteiger partial charge is 0.291 e. The Morgan fingerprint density at radius 2 is 1.97 bits per heavy atom. The van der Waals surface area contributed by atoms with Crippen LogP contribution in [0.3, 0.4) is 0 Å². The highest BCUT2D eigenvalue weighted by Gasteiger charge is 2.18. The predicted octanol–water partition coefficient (Wildman–Crippen LogP) is 3.19. The molecule has 5 rings (SSSR count). The molecule has 3 heterocycles. The van der Waals surface area contributed by atoms with Crippen LogP contribution in [-0.4, -0.2) is 27.8 Å². The molecule has 2 aromatic heterocycles. The summed E-state index contributed by atoms with van der Waals surface area (Å²) in [5, 5.41) is 4.40. The van der Waals surface area contributed by atoms with Gasteiger partial charge < -0.3 is 9.47 Å². The van der Waals surface area contributed by atoms with Crippen LogP contribution in [0.2, 0.25) is 0 Å². The molecule has 1 aliphatic rings. The van der Waals surface area contributed by atoms with Gasteiger partial charge in [0.1, 0.15) is 17.6 Å². The maximum Gasteiger partial charge on any atom is 0.291 e. The molecular weight excluding hydrogens is 386 g/mol. The van der Waals surface area contributed by atoms with E-state index in [0.717, 1.165) is 28.2 Å². The van der Waals surface area contributed by atoms with E-state index in [9.17, 15) is 4.79 Å². The molecule has 144 valence electrons. The Labute approximate surface area is 170 Å². The number of hydrogen-bond donors (Lipinski definition) is 0. The van der Waals surface area contributed by atoms with Crippen molar-refractivity contribution in [3.63, 3.8) is 0 Å². The third kappa shape index (κ3) is 3.09. The second kappa shape index (κ2) is 6.86. The monoisotopic (exact) mass is 403 g/mol. The fourth-order valence-electron chi connectivity index (χ4n) is 3.27. The summed E-state index contributed by atoms with van der Waals surface area (Å²) in [6, 6.07) is 15.3. The standard InChI is InChI=1S/C22H17N3O3S/c1-13-16(11-15-5-3-4-6-18(15)28-13)12-19-21(26)25-22(29-19)23-20(24-25)14-7-9-17(27-2)10-8-14/h3-13H,1-2H3/b19-12+/t13-/m0/s1. The van der Waals surface area contributed by atoms with E-state index in [0.29, 0.717) is 15.3 Å². The van der Waals surface area contributed by atoms with Crippen LogP contribution in [0.1, 0.15) is 12.5 Å². The van der Waals surface area contributed by atoms with Crippen LogP contribution in [0.4, 0.5) is 0 Å². The number of ether oxygens (including phenoxy) is 2. The molecule has 4 aromatic rings. The summed E-state index contributed by atoms with van der Waals surface area (Å²) in [5.41, 5.74) is 2.61. The normalized spacial score (nSPS) is 16.4. The van der Waals surface area contributed by atoms with Crippen molar-refractivity contribution in [3.8, 4) is 22.9 Å². The molecular formula is C22H17N3O3S. The first-order valence-corrected chi connectivity index (χ1v) is 9.97. The lowest BCUT2D eigenvalue weighted by Crippen LogP contribution is -2.26. The molecule has 1 atom stereocenters. The second-order valence-electron chi connectivity index (χ2n) is 6.72. The molecule has 0 fully saturated rings. The van der Waals surface area contributed by atoms with E-state index in [2.05, 4.69) is 16.2 Å². The first-order valence-electron chi connectivity index (χ1n) is 9.15. The van der Waals surface area contributed by atoms with Gasteiger partial charge in [0.2, 0.25) is 4.96 Å². The maximum atomic E-state index is 12.9. The van der Waals surface area contributed by atoms with Crippen molar-refractivity contribution in [1.82, 2.24) is 14.6 Å². The van der Waals surface area contributed by atoms with E-state index in [1.54, 1.807) is 7.11 Å². The number of nitrogens with zero attached hydrogens (tertiary/aromatic N) is 3. The number of benzene rings is 2. The molecule has 0 radical (unpaired) electrons. The molecule has 6 nitrogen and oxygen atoms in total. The van der Waals surface area contributed by atoms with Gasteiger partial charge in [-0.05, 0) is 55.0 Å². The maximum absolute atomic E-state index is 12.9. The summed E-state index contributed by atoms with van der Waals surface area (Å²) in [5.74, 6) is 2.13. The summed E-state index contributed by atoms with van der Waals surface area (Å²) >= 11 is 1.32. The summed E-state index contributed by atoms with van der Waals surface area (Å²) in [6.07, 6.45) is 3.79. The lowest BCUT2D eigenvalue weighted by atomic mass is 10.0. The zero-order valence-corrected chi connectivity index (χ0v) is 16.6. The number of para-hydroxylation sites is 1. The molecule has 0 spiro atoms. The fraction of sp³-hybridized carbons (Fsp3) is 0.136. The molecule has 0 N–H and O–H groups in total. The van der Waals surface area contributed by atoms with Crippen molar-refractivity contribution in [3.05, 3.63) is 74.6 Å². The molecule has 0 unspecified atom stereocenters. The van der Waals surface area contributed by atoms with Gasteiger partial charge in [-0.25, -0.2) is 0 Å². The molecule has 0 saturated carbocycles. The predicted molar refractivity (Wildman–Crippen MR) is 113 cm³/mol. The molecule has 0 saturated heterocycles. The van der Waals surface area contributed by atoms with Gasteiger partial charge in [-0.2, -0.15) is 9.50 Å². The minimum Gasteiger partial charge on any atom is -0.497 e. The Balaban J connectivity index is 1.55. The average molecular weight is 403 g/mol. The van der Waals surface area contributed by atoms with Crippen LogP contribution >= 0.6 is 11.3 Å². The van der Waals surface area contributed by atoms with E-state index in [1.165, 1.54) is 15.9 Å². The van der Waals surface area contributed by atoms with E-state index in [1.807, 2.05) is 61.5 Å². The summed E-state index contributed by atoms with van der Waals surface area (Å²) in [7, 11) is 1.62. The van der Waals surface area contributed by atoms with Gasteiger partial charge in [-0.15, -0.1) is 5.10 Å². The highest BCUT2D eigenvalue weighted by Crippen LogP contribution is 2.29. The lowest BCUT2D eigenvalue weighted by molar-refractivity contribution is 0.259. The van der Waals surface area contributed by atoms with Gasteiger partial charge in [0.15, 0.2) is 5.82 Å². The molecule has 0 bridgehead atoms. The van der Waals surface area contributed by atoms with Crippen LogP contribution in [0.25, 0.3) is 28.5 Å². The third-order valence-corrected chi connectivity index (χ3v) is 5.80. The number of methoxy groups -OCH3 is 1. The Bertz CT molecular complexity index is 1350. The number of aromatic nitrogens is 3. The summed E-state index contributed by atoms with van der Waals surface area (Å²) < 4.78 is 13.1. The first kappa shape index (κ1) is 17.6. The van der Waals surface area contributed by atoms with Gasteiger partial charge in [-0.3, -0.25) is 4.79 Å². The van der Waals surface area contributed by atoms with E-state index in [4.69, 9.17) is 9.47 Å². The number of hydrogen-bond acceptors (Lipinski definition) is 6. The number of rotatable bonds is 3. The topological polar surface area (TPSA) is 65.7 Å².